The van der Waals surface area contributed by atoms with E-state index >= 15 is 0 Å². The van der Waals surface area contributed by atoms with Crippen molar-refractivity contribution in [3.8, 4) is 0 Å². The van der Waals surface area contributed by atoms with Gasteiger partial charge in [-0.05, 0) is 44.4 Å². The Balaban J connectivity index is 2.24. The van der Waals surface area contributed by atoms with E-state index in [1.165, 1.54) is 31.0 Å². The predicted octanol–water partition coefficient (Wildman–Crippen LogP) is 3.22. The van der Waals surface area contributed by atoms with E-state index < -0.39 is 10.0 Å². The SMILES string of the molecule is CCN=C(NS(=O)(=O)c1ccc(N)c(Cl)c1)N1CCCCCCC/C=N\1. The fraction of sp³-hybridized carbons (Fsp3) is 0.529. The molecule has 0 saturated heterocycles. The molecule has 0 saturated carbocycles. The molecule has 0 bridgehead atoms. The number of hydrogen-bond acceptors (Lipinski definition) is 5. The second-order valence-corrected chi connectivity index (χ2v) is 8.15. The number of halogens is 1. The molecular weight excluding hydrogens is 374 g/mol. The third-order valence-electron chi connectivity index (χ3n) is 3.98. The summed E-state index contributed by atoms with van der Waals surface area (Å²) in [6.45, 7) is 2.89. The summed E-state index contributed by atoms with van der Waals surface area (Å²) in [5, 5.41) is 6.24. The third-order valence-corrected chi connectivity index (χ3v) is 5.64. The maximum absolute atomic E-state index is 12.7. The second kappa shape index (κ2) is 9.78. The van der Waals surface area contributed by atoms with Gasteiger partial charge in [0.25, 0.3) is 10.0 Å². The van der Waals surface area contributed by atoms with Gasteiger partial charge in [0.1, 0.15) is 0 Å². The van der Waals surface area contributed by atoms with Gasteiger partial charge in [0, 0.05) is 19.3 Å². The minimum Gasteiger partial charge on any atom is -0.398 e. The third kappa shape index (κ3) is 5.88. The molecule has 1 aliphatic heterocycles. The maximum Gasteiger partial charge on any atom is 0.264 e. The van der Waals surface area contributed by atoms with Crippen LogP contribution in [0.2, 0.25) is 5.02 Å². The molecule has 0 aromatic heterocycles. The molecule has 0 atom stereocenters. The number of guanidine groups is 1. The fourth-order valence-corrected chi connectivity index (χ4v) is 3.87. The molecule has 2 rings (SSSR count). The average Bonchev–Trinajstić information content (AvgIpc) is 2.61. The second-order valence-electron chi connectivity index (χ2n) is 6.06. The van der Waals surface area contributed by atoms with E-state index in [0.717, 1.165) is 25.7 Å². The average molecular weight is 400 g/mol. The number of nitrogen functional groups attached to an aromatic ring is 1. The molecule has 26 heavy (non-hydrogen) atoms. The number of benzene rings is 1. The van der Waals surface area contributed by atoms with Crippen molar-refractivity contribution in [2.24, 2.45) is 10.1 Å². The first kappa shape index (κ1) is 20.5. The van der Waals surface area contributed by atoms with E-state index in [1.807, 2.05) is 13.1 Å². The van der Waals surface area contributed by atoms with Gasteiger partial charge in [0.15, 0.2) is 0 Å². The van der Waals surface area contributed by atoms with Gasteiger partial charge in [-0.1, -0.05) is 30.9 Å². The summed E-state index contributed by atoms with van der Waals surface area (Å²) < 4.78 is 28.0. The van der Waals surface area contributed by atoms with Gasteiger partial charge in [0.2, 0.25) is 5.96 Å². The molecule has 1 aromatic carbocycles. The number of aliphatic imine (C=N–C) groups is 1. The molecule has 9 heteroatoms. The van der Waals surface area contributed by atoms with Crippen LogP contribution >= 0.6 is 11.6 Å². The molecule has 0 aliphatic carbocycles. The topological polar surface area (TPSA) is 100 Å². The Morgan fingerprint density at radius 1 is 1.31 bits per heavy atom. The Kier molecular flexibility index (Phi) is 7.71. The van der Waals surface area contributed by atoms with E-state index in [9.17, 15) is 8.42 Å². The number of hydrogen-bond donors (Lipinski definition) is 2. The Hall–Kier alpha value is -1.80. The van der Waals surface area contributed by atoms with E-state index in [4.69, 9.17) is 17.3 Å². The van der Waals surface area contributed by atoms with Gasteiger partial charge in [-0.3, -0.25) is 4.99 Å². The number of rotatable bonds is 3. The summed E-state index contributed by atoms with van der Waals surface area (Å²) in [7, 11) is -3.84. The number of nitrogens with one attached hydrogen (secondary N) is 1. The largest absolute Gasteiger partial charge is 0.398 e. The van der Waals surface area contributed by atoms with Crippen LogP contribution in [0.3, 0.4) is 0 Å². The Morgan fingerprint density at radius 2 is 2.04 bits per heavy atom. The molecule has 0 unspecified atom stereocenters. The molecule has 0 amide bonds. The Morgan fingerprint density at radius 3 is 2.77 bits per heavy atom. The Labute approximate surface area is 160 Å². The van der Waals surface area contributed by atoms with Gasteiger partial charge in [-0.2, -0.15) is 5.10 Å². The zero-order valence-corrected chi connectivity index (χ0v) is 16.6. The Bertz CT molecular complexity index is 764. The van der Waals surface area contributed by atoms with Crippen molar-refractivity contribution < 1.29 is 8.42 Å². The van der Waals surface area contributed by atoms with Crippen molar-refractivity contribution in [2.75, 3.05) is 18.8 Å². The van der Waals surface area contributed by atoms with Crippen molar-refractivity contribution in [3.63, 3.8) is 0 Å². The molecule has 7 nitrogen and oxygen atoms in total. The van der Waals surface area contributed by atoms with Gasteiger partial charge in [0.05, 0.1) is 15.6 Å². The first-order chi connectivity index (χ1) is 12.4. The van der Waals surface area contributed by atoms with Crippen LogP contribution in [0, 0.1) is 0 Å². The maximum atomic E-state index is 12.7. The molecule has 1 heterocycles. The van der Waals surface area contributed by atoms with Crippen LogP contribution in [-0.4, -0.2) is 38.7 Å². The summed E-state index contributed by atoms with van der Waals surface area (Å²) in [5.41, 5.74) is 5.99. The smallest absolute Gasteiger partial charge is 0.264 e. The van der Waals surface area contributed by atoms with Crippen LogP contribution in [0.25, 0.3) is 0 Å². The minimum absolute atomic E-state index is 0.0329. The van der Waals surface area contributed by atoms with Crippen LogP contribution in [0.5, 0.6) is 0 Å². The van der Waals surface area contributed by atoms with Crippen LogP contribution in [-0.2, 0) is 10.0 Å². The highest BCUT2D eigenvalue weighted by molar-refractivity contribution is 7.90. The zero-order chi connectivity index (χ0) is 19.0. The number of hydrazone groups is 1. The normalized spacial score (nSPS) is 18.4. The van der Waals surface area contributed by atoms with E-state index in [1.54, 1.807) is 5.01 Å². The van der Waals surface area contributed by atoms with Crippen LogP contribution < -0.4 is 10.5 Å². The summed E-state index contributed by atoms with van der Waals surface area (Å²) in [4.78, 5) is 4.34. The molecule has 1 aromatic rings. The summed E-state index contributed by atoms with van der Waals surface area (Å²) in [6, 6.07) is 4.21. The lowest BCUT2D eigenvalue weighted by atomic mass is 10.1. The standard InChI is InChI=1S/C17H26ClN5O2S/c1-2-20-17(23-12-8-6-4-3-5-7-11-21-23)22-26(24,25)14-9-10-16(19)15(18)13-14/h9-11,13H,2-8,12,19H2,1H3,(H,20,22)/b21-11-. The van der Waals surface area contributed by atoms with Crippen molar-refractivity contribution in [1.29, 1.82) is 0 Å². The molecule has 3 N–H and O–H groups in total. The summed E-state index contributed by atoms with van der Waals surface area (Å²) in [5.74, 6) is 0.220. The lowest BCUT2D eigenvalue weighted by molar-refractivity contribution is 0.407. The first-order valence-electron chi connectivity index (χ1n) is 8.86. The highest BCUT2D eigenvalue weighted by Gasteiger charge is 2.21. The zero-order valence-electron chi connectivity index (χ0n) is 15.0. The molecule has 0 radical (unpaired) electrons. The molecule has 1 aliphatic rings. The summed E-state index contributed by atoms with van der Waals surface area (Å²) >= 11 is 5.96. The summed E-state index contributed by atoms with van der Waals surface area (Å²) in [6.07, 6.45) is 8.18. The van der Waals surface area contributed by atoms with Crippen molar-refractivity contribution in [3.05, 3.63) is 23.2 Å². The first-order valence-corrected chi connectivity index (χ1v) is 10.7. The van der Waals surface area contributed by atoms with Crippen molar-refractivity contribution >= 4 is 39.5 Å². The van der Waals surface area contributed by atoms with Gasteiger partial charge in [-0.25, -0.2) is 18.1 Å². The molecule has 144 valence electrons. The van der Waals surface area contributed by atoms with Crippen LogP contribution in [0.1, 0.15) is 45.4 Å². The molecular formula is C17H26ClN5O2S. The molecule has 0 fully saturated rings. The number of sulfonamides is 1. The van der Waals surface area contributed by atoms with E-state index in [-0.39, 0.29) is 15.9 Å². The highest BCUT2D eigenvalue weighted by Crippen LogP contribution is 2.22. The monoisotopic (exact) mass is 399 g/mol. The van der Waals surface area contributed by atoms with Crippen LogP contribution in [0.4, 0.5) is 5.69 Å². The van der Waals surface area contributed by atoms with E-state index in [2.05, 4.69) is 14.8 Å². The predicted molar refractivity (Wildman–Crippen MR) is 107 cm³/mol. The lowest BCUT2D eigenvalue weighted by Gasteiger charge is -2.22. The number of nitrogens with two attached hydrogens (primary N) is 1. The van der Waals surface area contributed by atoms with Gasteiger partial charge in [-0.15, -0.1) is 0 Å². The number of anilines is 1. The lowest BCUT2D eigenvalue weighted by Crippen LogP contribution is -2.42. The minimum atomic E-state index is -3.84. The van der Waals surface area contributed by atoms with Crippen molar-refractivity contribution in [2.45, 2.75) is 50.3 Å². The van der Waals surface area contributed by atoms with Crippen molar-refractivity contribution in [1.82, 2.24) is 9.73 Å². The van der Waals surface area contributed by atoms with Gasteiger partial charge < -0.3 is 5.73 Å². The molecule has 0 spiro atoms. The quantitative estimate of drug-likeness (QED) is 0.463. The van der Waals surface area contributed by atoms with Gasteiger partial charge >= 0.3 is 0 Å². The van der Waals surface area contributed by atoms with Crippen LogP contribution in [0.15, 0.2) is 33.2 Å². The highest BCUT2D eigenvalue weighted by atomic mass is 35.5. The van der Waals surface area contributed by atoms with E-state index in [0.29, 0.717) is 18.8 Å². The fourth-order valence-electron chi connectivity index (χ4n) is 2.57. The number of nitrogens with zero attached hydrogens (tertiary/aromatic N) is 3.